The second kappa shape index (κ2) is 6.78. The van der Waals surface area contributed by atoms with Crippen LogP contribution in [0.25, 0.3) is 0 Å². The van der Waals surface area contributed by atoms with Crippen LogP contribution in [0.1, 0.15) is 40.5 Å². The van der Waals surface area contributed by atoms with Gasteiger partial charge in [0.15, 0.2) is 0 Å². The molecule has 110 valence electrons. The Morgan fingerprint density at radius 3 is 2.47 bits per heavy atom. The summed E-state index contributed by atoms with van der Waals surface area (Å²) in [5.41, 5.74) is 0. The van der Waals surface area contributed by atoms with Gasteiger partial charge in [-0.05, 0) is 31.6 Å². The van der Waals surface area contributed by atoms with E-state index in [0.29, 0.717) is 18.4 Å². The molecule has 3 unspecified atom stereocenters. The molecule has 1 rings (SSSR count). The van der Waals surface area contributed by atoms with E-state index in [2.05, 4.69) is 20.8 Å². The highest BCUT2D eigenvalue weighted by molar-refractivity contribution is 5.80. The van der Waals surface area contributed by atoms with Gasteiger partial charge in [0, 0.05) is 19.1 Å². The third kappa shape index (κ3) is 4.11. The number of amides is 2. The van der Waals surface area contributed by atoms with E-state index in [1.807, 2.05) is 11.8 Å². The normalized spacial score (nSPS) is 27.2. The zero-order valence-electron chi connectivity index (χ0n) is 12.4. The molecule has 1 fully saturated rings. The molecule has 1 aliphatic heterocycles. The minimum absolute atomic E-state index is 0.129. The van der Waals surface area contributed by atoms with Crippen LogP contribution < -0.4 is 0 Å². The largest absolute Gasteiger partial charge is 0.480 e. The van der Waals surface area contributed by atoms with Crippen molar-refractivity contribution in [3.63, 3.8) is 0 Å². The quantitative estimate of drug-likeness (QED) is 0.852. The topological polar surface area (TPSA) is 60.9 Å². The van der Waals surface area contributed by atoms with Crippen LogP contribution in [0.4, 0.5) is 4.79 Å². The molecule has 0 radical (unpaired) electrons. The van der Waals surface area contributed by atoms with Crippen LogP contribution in [0.5, 0.6) is 0 Å². The highest BCUT2D eigenvalue weighted by atomic mass is 16.4. The lowest BCUT2D eigenvalue weighted by atomic mass is 9.86. The maximum absolute atomic E-state index is 12.5. The Morgan fingerprint density at radius 2 is 1.95 bits per heavy atom. The second-order valence-corrected chi connectivity index (χ2v) is 5.81. The monoisotopic (exact) mass is 270 g/mol. The number of carboxylic acids is 1. The number of rotatable bonds is 4. The fourth-order valence-electron chi connectivity index (χ4n) is 2.82. The Hall–Kier alpha value is -1.26. The molecule has 1 saturated heterocycles. The van der Waals surface area contributed by atoms with Gasteiger partial charge in [0.1, 0.15) is 6.54 Å². The predicted molar refractivity (Wildman–Crippen MR) is 74.0 cm³/mol. The number of hydrogen-bond acceptors (Lipinski definition) is 2. The molecule has 0 bridgehead atoms. The van der Waals surface area contributed by atoms with Crippen molar-refractivity contribution in [3.05, 3.63) is 0 Å². The van der Waals surface area contributed by atoms with Gasteiger partial charge in [-0.3, -0.25) is 4.79 Å². The first-order valence-corrected chi connectivity index (χ1v) is 7.14. The number of carboxylic acid groups (broad SMARTS) is 1. The van der Waals surface area contributed by atoms with Crippen LogP contribution in [-0.2, 0) is 4.79 Å². The van der Waals surface area contributed by atoms with Crippen molar-refractivity contribution >= 4 is 12.0 Å². The Balaban J connectivity index is 2.79. The Morgan fingerprint density at radius 1 is 1.32 bits per heavy atom. The Bertz CT molecular complexity index is 333. The molecular weight excluding hydrogens is 244 g/mol. The van der Waals surface area contributed by atoms with Gasteiger partial charge >= 0.3 is 12.0 Å². The molecule has 1 aliphatic rings. The summed E-state index contributed by atoms with van der Waals surface area (Å²) in [4.78, 5) is 26.7. The van der Waals surface area contributed by atoms with Gasteiger partial charge < -0.3 is 14.9 Å². The van der Waals surface area contributed by atoms with Gasteiger partial charge in [-0.25, -0.2) is 4.79 Å². The van der Waals surface area contributed by atoms with E-state index in [0.717, 1.165) is 19.4 Å². The lowest BCUT2D eigenvalue weighted by Crippen LogP contribution is -2.54. The summed E-state index contributed by atoms with van der Waals surface area (Å²) < 4.78 is 0. The smallest absolute Gasteiger partial charge is 0.323 e. The number of nitrogens with zero attached hydrogens (tertiary/aromatic N) is 2. The molecular formula is C14H26N2O3. The summed E-state index contributed by atoms with van der Waals surface area (Å²) in [6.07, 6.45) is 1.89. The third-order valence-electron chi connectivity index (χ3n) is 3.93. The van der Waals surface area contributed by atoms with Gasteiger partial charge in [0.2, 0.25) is 0 Å². The Kier molecular flexibility index (Phi) is 5.63. The molecule has 3 atom stereocenters. The summed E-state index contributed by atoms with van der Waals surface area (Å²) >= 11 is 0. The molecule has 0 saturated carbocycles. The molecule has 19 heavy (non-hydrogen) atoms. The number of hydrogen-bond donors (Lipinski definition) is 1. The fourth-order valence-corrected chi connectivity index (χ4v) is 2.82. The summed E-state index contributed by atoms with van der Waals surface area (Å²) in [5, 5.41) is 8.92. The van der Waals surface area contributed by atoms with E-state index in [9.17, 15) is 9.59 Å². The van der Waals surface area contributed by atoms with Crippen molar-refractivity contribution in [1.82, 2.24) is 9.80 Å². The average Bonchev–Trinajstić information content (AvgIpc) is 2.32. The fraction of sp³-hybridized carbons (Fsp3) is 0.857. The summed E-state index contributed by atoms with van der Waals surface area (Å²) in [6.45, 7) is 9.32. The van der Waals surface area contributed by atoms with Crippen LogP contribution >= 0.6 is 0 Å². The lowest BCUT2D eigenvalue weighted by molar-refractivity contribution is -0.137. The number of urea groups is 1. The molecule has 5 nitrogen and oxygen atoms in total. The molecule has 5 heteroatoms. The van der Waals surface area contributed by atoms with Crippen LogP contribution in [0, 0.1) is 11.8 Å². The van der Waals surface area contributed by atoms with Crippen molar-refractivity contribution in [1.29, 1.82) is 0 Å². The van der Waals surface area contributed by atoms with Crippen LogP contribution in [0.3, 0.4) is 0 Å². The molecule has 0 aromatic carbocycles. The molecule has 0 aromatic heterocycles. The van der Waals surface area contributed by atoms with E-state index < -0.39 is 5.97 Å². The maximum Gasteiger partial charge on any atom is 0.323 e. The van der Waals surface area contributed by atoms with Crippen molar-refractivity contribution in [2.75, 3.05) is 19.6 Å². The minimum atomic E-state index is -0.951. The van der Waals surface area contributed by atoms with E-state index in [-0.39, 0.29) is 18.6 Å². The first-order valence-electron chi connectivity index (χ1n) is 7.14. The predicted octanol–water partition coefficient (Wildman–Crippen LogP) is 2.27. The minimum Gasteiger partial charge on any atom is -0.480 e. The van der Waals surface area contributed by atoms with Crippen LogP contribution in [0.2, 0.25) is 0 Å². The second-order valence-electron chi connectivity index (χ2n) is 5.81. The standard InChI is InChI=1S/C14H26N2O3/c1-5-6-15(9-13(17)18)14(19)16-8-10(2)7-11(3)12(16)4/h10-12H,5-9H2,1-4H3,(H,17,18). The highest BCUT2D eigenvalue weighted by Crippen LogP contribution is 2.27. The van der Waals surface area contributed by atoms with E-state index >= 15 is 0 Å². The lowest BCUT2D eigenvalue weighted by Gasteiger charge is -2.43. The number of likely N-dealkylation sites (tertiary alicyclic amines) is 1. The number of piperidine rings is 1. The SMILES string of the molecule is CCCN(CC(=O)O)C(=O)N1CC(C)CC(C)C1C. The van der Waals surface area contributed by atoms with Gasteiger partial charge in [0.05, 0.1) is 0 Å². The Labute approximate surface area is 115 Å². The first-order chi connectivity index (χ1) is 8.86. The summed E-state index contributed by atoms with van der Waals surface area (Å²) in [6, 6.07) is 0.0481. The zero-order chi connectivity index (χ0) is 14.6. The molecule has 0 aliphatic carbocycles. The first kappa shape index (κ1) is 15.8. The van der Waals surface area contributed by atoms with E-state index in [1.165, 1.54) is 4.90 Å². The van der Waals surface area contributed by atoms with Gasteiger partial charge in [-0.1, -0.05) is 20.8 Å². The van der Waals surface area contributed by atoms with E-state index in [1.54, 1.807) is 0 Å². The van der Waals surface area contributed by atoms with Crippen molar-refractivity contribution in [3.8, 4) is 0 Å². The average molecular weight is 270 g/mol. The van der Waals surface area contributed by atoms with Crippen molar-refractivity contribution in [2.24, 2.45) is 11.8 Å². The van der Waals surface area contributed by atoms with Crippen LogP contribution in [0.15, 0.2) is 0 Å². The molecule has 2 amide bonds. The van der Waals surface area contributed by atoms with Gasteiger partial charge in [0.25, 0.3) is 0 Å². The van der Waals surface area contributed by atoms with Crippen LogP contribution in [-0.4, -0.2) is 52.6 Å². The highest BCUT2D eigenvalue weighted by Gasteiger charge is 2.34. The summed E-state index contributed by atoms with van der Waals surface area (Å²) in [7, 11) is 0. The number of aliphatic carboxylic acids is 1. The third-order valence-corrected chi connectivity index (χ3v) is 3.93. The zero-order valence-corrected chi connectivity index (χ0v) is 12.4. The van der Waals surface area contributed by atoms with Gasteiger partial charge in [-0.15, -0.1) is 0 Å². The van der Waals surface area contributed by atoms with Crippen molar-refractivity contribution in [2.45, 2.75) is 46.6 Å². The van der Waals surface area contributed by atoms with Crippen molar-refractivity contribution < 1.29 is 14.7 Å². The number of carbonyl (C=O) groups excluding carboxylic acids is 1. The van der Waals surface area contributed by atoms with Gasteiger partial charge in [-0.2, -0.15) is 0 Å². The molecule has 1 N–H and O–H groups in total. The molecule has 1 heterocycles. The van der Waals surface area contributed by atoms with E-state index in [4.69, 9.17) is 5.11 Å². The maximum atomic E-state index is 12.5. The summed E-state index contributed by atoms with van der Waals surface area (Å²) in [5.74, 6) is -0.0166. The molecule has 0 aromatic rings. The molecule has 0 spiro atoms. The number of carbonyl (C=O) groups is 2.